The standard InChI is InChI=1S/C24H19NO6S/c1-12(26)19-21(27)25-20(23(28)29)18(32-22(19)25)11-31-24(30)15-8-9-17-14(10-15)7-6-13-4-2-3-5-16(13)17/h2-10,12,19,22,26H,11H2,1H3,(H,28,29)/t12-,19+,22-/m1/s1. The Bertz CT molecular complexity index is 1330. The lowest BCUT2D eigenvalue weighted by molar-refractivity contribution is -0.156. The van der Waals surface area contributed by atoms with Crippen LogP contribution < -0.4 is 0 Å². The van der Waals surface area contributed by atoms with E-state index >= 15 is 0 Å². The van der Waals surface area contributed by atoms with Crippen molar-refractivity contribution >= 4 is 51.2 Å². The summed E-state index contributed by atoms with van der Waals surface area (Å²) in [6.07, 6.45) is -0.887. The molecule has 5 rings (SSSR count). The average molecular weight is 449 g/mol. The molecule has 2 aliphatic heterocycles. The number of rotatable bonds is 5. The minimum Gasteiger partial charge on any atom is -0.477 e. The van der Waals surface area contributed by atoms with Gasteiger partial charge in [0.15, 0.2) is 0 Å². The van der Waals surface area contributed by atoms with Crippen LogP contribution in [0.2, 0.25) is 0 Å². The molecule has 32 heavy (non-hydrogen) atoms. The molecule has 2 N–H and O–H groups in total. The van der Waals surface area contributed by atoms with E-state index < -0.39 is 35.2 Å². The Morgan fingerprint density at radius 1 is 1.09 bits per heavy atom. The topological polar surface area (TPSA) is 104 Å². The van der Waals surface area contributed by atoms with Crippen molar-refractivity contribution < 1.29 is 29.3 Å². The Hall–Kier alpha value is -3.36. The predicted molar refractivity (Wildman–Crippen MR) is 120 cm³/mol. The third-order valence-corrected chi connectivity index (χ3v) is 7.23. The van der Waals surface area contributed by atoms with Gasteiger partial charge < -0.3 is 14.9 Å². The van der Waals surface area contributed by atoms with E-state index in [1.807, 2.05) is 42.5 Å². The fourth-order valence-electron chi connectivity index (χ4n) is 4.31. The van der Waals surface area contributed by atoms with Gasteiger partial charge >= 0.3 is 11.9 Å². The lowest BCUT2D eigenvalue weighted by Gasteiger charge is -2.43. The molecule has 3 atom stereocenters. The van der Waals surface area contributed by atoms with Gasteiger partial charge in [0.2, 0.25) is 5.91 Å². The van der Waals surface area contributed by atoms with Crippen molar-refractivity contribution in [1.29, 1.82) is 0 Å². The quantitative estimate of drug-likeness (QED) is 0.350. The number of aliphatic carboxylic acids is 1. The van der Waals surface area contributed by atoms with E-state index in [0.717, 1.165) is 38.2 Å². The molecule has 1 fully saturated rings. The first-order valence-electron chi connectivity index (χ1n) is 10.1. The maximum absolute atomic E-state index is 12.7. The van der Waals surface area contributed by atoms with Crippen LogP contribution >= 0.6 is 11.8 Å². The van der Waals surface area contributed by atoms with E-state index in [-0.39, 0.29) is 12.3 Å². The number of carbonyl (C=O) groups is 3. The van der Waals surface area contributed by atoms with E-state index in [2.05, 4.69) is 0 Å². The molecule has 7 nitrogen and oxygen atoms in total. The summed E-state index contributed by atoms with van der Waals surface area (Å²) in [4.78, 5) is 38.1. The Morgan fingerprint density at radius 3 is 2.56 bits per heavy atom. The van der Waals surface area contributed by atoms with E-state index in [0.29, 0.717) is 10.5 Å². The van der Waals surface area contributed by atoms with Crippen molar-refractivity contribution in [2.45, 2.75) is 18.4 Å². The normalized spacial score (nSPS) is 20.9. The first-order valence-corrected chi connectivity index (χ1v) is 11.0. The molecule has 3 aromatic carbocycles. The molecule has 1 saturated heterocycles. The van der Waals surface area contributed by atoms with Crippen LogP contribution in [0.3, 0.4) is 0 Å². The van der Waals surface area contributed by atoms with Crippen molar-refractivity contribution in [3.8, 4) is 0 Å². The van der Waals surface area contributed by atoms with Crippen LogP contribution in [-0.4, -0.2) is 51.0 Å². The number of fused-ring (bicyclic) bond motifs is 4. The number of carbonyl (C=O) groups excluding carboxylic acids is 2. The molecule has 162 valence electrons. The predicted octanol–water partition coefficient (Wildman–Crippen LogP) is 3.36. The maximum Gasteiger partial charge on any atom is 0.353 e. The Morgan fingerprint density at radius 2 is 1.81 bits per heavy atom. The Labute approximate surface area is 187 Å². The summed E-state index contributed by atoms with van der Waals surface area (Å²) in [5.74, 6) is -2.94. The molecule has 1 amide bonds. The molecule has 0 aromatic heterocycles. The summed E-state index contributed by atoms with van der Waals surface area (Å²) in [5.41, 5.74) is 0.175. The second-order valence-corrected chi connectivity index (χ2v) is 9.07. The smallest absolute Gasteiger partial charge is 0.353 e. The maximum atomic E-state index is 12.7. The van der Waals surface area contributed by atoms with Crippen LogP contribution in [0.1, 0.15) is 17.3 Å². The number of nitrogens with zero attached hydrogens (tertiary/aromatic N) is 1. The molecule has 0 aliphatic carbocycles. The molecule has 0 bridgehead atoms. The van der Waals surface area contributed by atoms with Crippen LogP contribution in [0.15, 0.2) is 65.2 Å². The summed E-state index contributed by atoms with van der Waals surface area (Å²) in [7, 11) is 0. The number of aliphatic hydroxyl groups is 1. The highest BCUT2D eigenvalue weighted by Crippen LogP contribution is 2.50. The number of benzene rings is 3. The third kappa shape index (κ3) is 3.14. The van der Waals surface area contributed by atoms with E-state index in [1.54, 1.807) is 12.1 Å². The first-order chi connectivity index (χ1) is 15.4. The van der Waals surface area contributed by atoms with Gasteiger partial charge in [-0.1, -0.05) is 54.2 Å². The first kappa shape index (κ1) is 20.5. The van der Waals surface area contributed by atoms with Crippen LogP contribution in [0.4, 0.5) is 0 Å². The zero-order chi connectivity index (χ0) is 22.6. The van der Waals surface area contributed by atoms with Crippen molar-refractivity contribution in [2.24, 2.45) is 5.92 Å². The number of hydrogen-bond donors (Lipinski definition) is 2. The molecular formula is C24H19NO6S. The van der Waals surface area contributed by atoms with Crippen LogP contribution in [0.25, 0.3) is 21.5 Å². The number of carboxylic acid groups (broad SMARTS) is 1. The monoisotopic (exact) mass is 449 g/mol. The van der Waals surface area contributed by atoms with E-state index in [4.69, 9.17) is 4.74 Å². The molecule has 2 heterocycles. The van der Waals surface area contributed by atoms with Crippen molar-refractivity contribution in [1.82, 2.24) is 4.90 Å². The fourth-order valence-corrected chi connectivity index (χ4v) is 5.83. The Kier molecular flexibility index (Phi) is 4.91. The number of aliphatic hydroxyl groups excluding tert-OH is 1. The van der Waals surface area contributed by atoms with Gasteiger partial charge in [0.25, 0.3) is 0 Å². The molecule has 3 aromatic rings. The fraction of sp³-hybridized carbons (Fsp3) is 0.208. The minimum atomic E-state index is -1.26. The largest absolute Gasteiger partial charge is 0.477 e. The number of ether oxygens (including phenoxy) is 1. The summed E-state index contributed by atoms with van der Waals surface area (Å²) in [5, 5.41) is 23.0. The summed E-state index contributed by atoms with van der Waals surface area (Å²) >= 11 is 1.14. The van der Waals surface area contributed by atoms with E-state index in [1.165, 1.54) is 6.92 Å². The number of amides is 1. The molecule has 0 radical (unpaired) electrons. The number of hydrogen-bond acceptors (Lipinski definition) is 6. The molecule has 8 heteroatoms. The van der Waals surface area contributed by atoms with Gasteiger partial charge in [0, 0.05) is 0 Å². The average Bonchev–Trinajstić information content (AvgIpc) is 3.11. The van der Waals surface area contributed by atoms with Gasteiger partial charge in [-0.05, 0) is 40.6 Å². The number of esters is 1. The van der Waals surface area contributed by atoms with Crippen LogP contribution in [0.5, 0.6) is 0 Å². The molecular weight excluding hydrogens is 430 g/mol. The van der Waals surface area contributed by atoms with Gasteiger partial charge in [0.05, 0.1) is 22.5 Å². The summed E-state index contributed by atoms with van der Waals surface area (Å²) in [6.45, 7) is 1.25. The summed E-state index contributed by atoms with van der Waals surface area (Å²) < 4.78 is 5.40. The Balaban J connectivity index is 1.36. The third-order valence-electron chi connectivity index (χ3n) is 5.89. The van der Waals surface area contributed by atoms with Crippen molar-refractivity contribution in [3.63, 3.8) is 0 Å². The molecule has 0 spiro atoms. The zero-order valence-electron chi connectivity index (χ0n) is 17.0. The van der Waals surface area contributed by atoms with Gasteiger partial charge in [-0.25, -0.2) is 9.59 Å². The van der Waals surface area contributed by atoms with Gasteiger partial charge in [-0.2, -0.15) is 0 Å². The zero-order valence-corrected chi connectivity index (χ0v) is 17.8. The highest BCUT2D eigenvalue weighted by atomic mass is 32.2. The minimum absolute atomic E-state index is 0.181. The highest BCUT2D eigenvalue weighted by molar-refractivity contribution is 8.04. The lowest BCUT2D eigenvalue weighted by atomic mass is 9.92. The SMILES string of the molecule is C[C@@H](O)[C@H]1C(=O)N2C(C(=O)O)=C(COC(=O)c3ccc4c(ccc5ccccc54)c3)S[C@H]12. The molecule has 2 aliphatic rings. The van der Waals surface area contributed by atoms with Gasteiger partial charge in [-0.3, -0.25) is 9.69 Å². The van der Waals surface area contributed by atoms with Gasteiger partial charge in [-0.15, -0.1) is 0 Å². The van der Waals surface area contributed by atoms with Crippen LogP contribution in [-0.2, 0) is 14.3 Å². The lowest BCUT2D eigenvalue weighted by Crippen LogP contribution is -2.60. The van der Waals surface area contributed by atoms with Gasteiger partial charge in [0.1, 0.15) is 17.7 Å². The number of β-lactam (4-membered cyclic amide) rings is 1. The highest BCUT2D eigenvalue weighted by Gasteiger charge is 2.57. The molecule has 0 unspecified atom stereocenters. The van der Waals surface area contributed by atoms with Crippen LogP contribution in [0, 0.1) is 5.92 Å². The second-order valence-electron chi connectivity index (χ2n) is 7.86. The van der Waals surface area contributed by atoms with Crippen molar-refractivity contribution in [3.05, 3.63) is 70.8 Å². The molecule has 0 saturated carbocycles. The second kappa shape index (κ2) is 7.65. The number of thioether (sulfide) groups is 1. The number of carboxylic acids is 1. The van der Waals surface area contributed by atoms with E-state index in [9.17, 15) is 24.6 Å². The van der Waals surface area contributed by atoms with Crippen molar-refractivity contribution in [2.75, 3.05) is 6.61 Å². The summed E-state index contributed by atoms with van der Waals surface area (Å²) in [6, 6.07) is 17.2.